The van der Waals surface area contributed by atoms with Crippen LogP contribution in [0.2, 0.25) is 0 Å². The molecule has 4 heteroatoms. The first-order valence-corrected chi connectivity index (χ1v) is 23.9. The van der Waals surface area contributed by atoms with Crippen molar-refractivity contribution in [2.45, 2.75) is 105 Å². The van der Waals surface area contributed by atoms with Gasteiger partial charge in [-0.2, -0.15) is 0 Å². The molecule has 0 saturated heterocycles. The van der Waals surface area contributed by atoms with E-state index in [0.717, 1.165) is 0 Å². The largest absolute Gasteiger partial charge is 0.311 e. The van der Waals surface area contributed by atoms with Crippen LogP contribution in [0.5, 0.6) is 0 Å². The minimum atomic E-state index is -0.0288. The highest BCUT2D eigenvalue weighted by Gasteiger charge is 2.46. The van der Waals surface area contributed by atoms with Crippen molar-refractivity contribution in [1.82, 2.24) is 0 Å². The topological polar surface area (TPSA) is 6.48 Å². The van der Waals surface area contributed by atoms with E-state index in [2.05, 4.69) is 245 Å². The molecule has 0 bridgehead atoms. The number of fused-ring (bicyclic) bond motifs is 6. The molecule has 2 aliphatic rings. The normalized spacial score (nSPS) is 13.8. The lowest BCUT2D eigenvalue weighted by molar-refractivity contribution is 0.590. The first-order valence-electron chi connectivity index (χ1n) is 23.1. The van der Waals surface area contributed by atoms with Crippen LogP contribution in [0.4, 0.5) is 33.4 Å². The van der Waals surface area contributed by atoms with Crippen LogP contribution >= 0.6 is 11.3 Å². The molecule has 1 aromatic heterocycles. The van der Waals surface area contributed by atoms with Crippen LogP contribution in [0, 0.1) is 0 Å². The Balaban J connectivity index is 1.35. The van der Waals surface area contributed by atoms with E-state index in [1.54, 1.807) is 0 Å². The molecule has 0 aliphatic carbocycles. The van der Waals surface area contributed by atoms with Crippen LogP contribution in [-0.2, 0) is 21.7 Å². The maximum atomic E-state index is 2.62. The molecule has 3 heterocycles. The van der Waals surface area contributed by atoms with E-state index in [1.807, 2.05) is 11.3 Å². The standard InChI is InChI=1S/C60H61BN2S/c1-57(2,3)40-22-28-44(29-23-40)62-50-33-27-42(59(7,8)9)36-49(50)61-54-48-32-26-43(60(10,11)12)37-53(48)64-56(54)63(45-30-24-41(25-31-45)58(4,5)6)52-35-39(34-51(62)55(52)61)47-21-17-16-20-46(47)38-18-14-13-15-19-38/h13-37H,1-12H3. The molecule has 0 radical (unpaired) electrons. The van der Waals surface area contributed by atoms with E-state index in [1.165, 1.54) is 104 Å². The van der Waals surface area contributed by atoms with Crippen molar-refractivity contribution >= 4 is 78.0 Å². The predicted octanol–water partition coefficient (Wildman–Crippen LogP) is 15.5. The van der Waals surface area contributed by atoms with Crippen molar-refractivity contribution in [3.05, 3.63) is 174 Å². The Labute approximate surface area is 386 Å². The van der Waals surface area contributed by atoms with Gasteiger partial charge in [-0.3, -0.25) is 0 Å². The van der Waals surface area contributed by atoms with Crippen LogP contribution in [0.3, 0.4) is 0 Å². The molecule has 2 aliphatic heterocycles. The van der Waals surface area contributed by atoms with Crippen LogP contribution < -0.4 is 26.2 Å². The molecule has 0 amide bonds. The smallest absolute Gasteiger partial charge is 0.254 e. The third kappa shape index (κ3) is 7.10. The van der Waals surface area contributed by atoms with E-state index in [9.17, 15) is 0 Å². The second-order valence-electron chi connectivity index (χ2n) is 22.3. The van der Waals surface area contributed by atoms with Gasteiger partial charge in [-0.05, 0) is 136 Å². The van der Waals surface area contributed by atoms with Gasteiger partial charge in [-0.1, -0.05) is 186 Å². The third-order valence-electron chi connectivity index (χ3n) is 13.7. The summed E-state index contributed by atoms with van der Waals surface area (Å²) < 4.78 is 1.34. The van der Waals surface area contributed by atoms with Crippen molar-refractivity contribution < 1.29 is 0 Å². The van der Waals surface area contributed by atoms with E-state index >= 15 is 0 Å². The minimum Gasteiger partial charge on any atom is -0.311 e. The summed E-state index contributed by atoms with van der Waals surface area (Å²) in [7, 11) is 0. The van der Waals surface area contributed by atoms with Gasteiger partial charge in [-0.15, -0.1) is 11.3 Å². The van der Waals surface area contributed by atoms with Crippen LogP contribution in [0.15, 0.2) is 152 Å². The van der Waals surface area contributed by atoms with Crippen LogP contribution in [-0.4, -0.2) is 6.71 Å². The van der Waals surface area contributed by atoms with Crippen molar-refractivity contribution in [2.75, 3.05) is 9.80 Å². The SMILES string of the molecule is CC(C)(C)c1ccc(N2c3ccc(C(C)(C)C)cc3B3c4c2cc(-c2ccccc2-c2ccccc2)cc4N(c2ccc(C(C)(C)C)cc2)c2sc4cc(C(C)(C)C)ccc4c23)cc1. The maximum Gasteiger partial charge on any atom is 0.254 e. The minimum absolute atomic E-state index is 0.0140. The van der Waals surface area contributed by atoms with Gasteiger partial charge in [0.15, 0.2) is 0 Å². The number of nitrogens with zero attached hydrogens (tertiary/aromatic N) is 2. The Morgan fingerprint density at radius 1 is 0.391 bits per heavy atom. The first-order chi connectivity index (χ1) is 30.3. The summed E-state index contributed by atoms with van der Waals surface area (Å²) in [5.74, 6) is 0. The molecule has 7 aromatic carbocycles. The zero-order valence-electron chi connectivity index (χ0n) is 39.8. The number of benzene rings is 7. The van der Waals surface area contributed by atoms with E-state index in [-0.39, 0.29) is 28.4 Å². The van der Waals surface area contributed by atoms with E-state index < -0.39 is 0 Å². The second kappa shape index (κ2) is 14.9. The summed E-state index contributed by atoms with van der Waals surface area (Å²) in [6.07, 6.45) is 0. The Morgan fingerprint density at radius 3 is 1.42 bits per heavy atom. The zero-order valence-corrected chi connectivity index (χ0v) is 40.6. The fourth-order valence-corrected chi connectivity index (χ4v) is 11.3. The number of thiophene rings is 1. The predicted molar refractivity (Wildman–Crippen MR) is 282 cm³/mol. The molecule has 10 rings (SSSR count). The third-order valence-corrected chi connectivity index (χ3v) is 14.9. The quantitative estimate of drug-likeness (QED) is 0.163. The summed E-state index contributed by atoms with van der Waals surface area (Å²) in [6, 6.07) is 58.3. The van der Waals surface area contributed by atoms with Gasteiger partial charge in [0.1, 0.15) is 0 Å². The van der Waals surface area contributed by atoms with Gasteiger partial charge in [0.25, 0.3) is 6.71 Å². The monoisotopic (exact) mass is 852 g/mol. The van der Waals surface area contributed by atoms with Crippen LogP contribution in [0.25, 0.3) is 32.3 Å². The molecule has 0 atom stereocenters. The molecule has 0 N–H and O–H groups in total. The zero-order chi connectivity index (χ0) is 45.1. The number of hydrogen-bond donors (Lipinski definition) is 0. The second-order valence-corrected chi connectivity index (χ2v) is 23.4. The van der Waals surface area contributed by atoms with Crippen molar-refractivity contribution in [2.24, 2.45) is 0 Å². The van der Waals surface area contributed by atoms with E-state index in [4.69, 9.17) is 0 Å². The average molecular weight is 853 g/mol. The summed E-state index contributed by atoms with van der Waals surface area (Å²) in [4.78, 5) is 5.20. The lowest BCUT2D eigenvalue weighted by Crippen LogP contribution is -2.61. The summed E-state index contributed by atoms with van der Waals surface area (Å²) in [5, 5.41) is 2.65. The first kappa shape index (κ1) is 42.1. The molecule has 0 unspecified atom stereocenters. The van der Waals surface area contributed by atoms with Crippen molar-refractivity contribution in [3.8, 4) is 22.3 Å². The van der Waals surface area contributed by atoms with Gasteiger partial charge < -0.3 is 9.80 Å². The summed E-state index contributed by atoms with van der Waals surface area (Å²) >= 11 is 1.95. The molecule has 320 valence electrons. The van der Waals surface area contributed by atoms with Gasteiger partial charge in [0.2, 0.25) is 0 Å². The Bertz CT molecular complexity index is 3070. The van der Waals surface area contributed by atoms with Gasteiger partial charge >= 0.3 is 0 Å². The molecule has 0 spiro atoms. The average Bonchev–Trinajstić information content (AvgIpc) is 3.63. The van der Waals surface area contributed by atoms with Gasteiger partial charge in [0, 0.05) is 33.1 Å². The number of anilines is 6. The molecular weight excluding hydrogens is 792 g/mol. The highest BCUT2D eigenvalue weighted by molar-refractivity contribution is 7.26. The van der Waals surface area contributed by atoms with Crippen molar-refractivity contribution in [3.63, 3.8) is 0 Å². The highest BCUT2D eigenvalue weighted by Crippen LogP contribution is 2.50. The van der Waals surface area contributed by atoms with E-state index in [0.29, 0.717) is 0 Å². The molecule has 0 fully saturated rings. The van der Waals surface area contributed by atoms with Crippen LogP contribution in [0.1, 0.15) is 105 Å². The molecule has 64 heavy (non-hydrogen) atoms. The van der Waals surface area contributed by atoms with Gasteiger partial charge in [-0.25, -0.2) is 0 Å². The fraction of sp³-hybridized carbons (Fsp3) is 0.267. The fourth-order valence-electron chi connectivity index (χ4n) is 9.97. The van der Waals surface area contributed by atoms with Crippen molar-refractivity contribution in [1.29, 1.82) is 0 Å². The lowest BCUT2D eigenvalue weighted by Gasteiger charge is -2.44. The summed E-state index contributed by atoms with van der Waals surface area (Å²) in [6.45, 7) is 27.9. The Hall–Kier alpha value is -5.84. The Kier molecular flexibility index (Phi) is 9.78. The molecule has 0 saturated carbocycles. The van der Waals surface area contributed by atoms with Gasteiger partial charge in [0.05, 0.1) is 5.00 Å². The maximum absolute atomic E-state index is 2.62. The lowest BCUT2D eigenvalue weighted by atomic mass is 9.33. The molecule has 2 nitrogen and oxygen atoms in total. The Morgan fingerprint density at radius 2 is 0.859 bits per heavy atom. The number of hydrogen-bond acceptors (Lipinski definition) is 3. The highest BCUT2D eigenvalue weighted by atomic mass is 32.1. The molecular formula is C60H61BN2S. The molecule has 8 aromatic rings. The summed E-state index contributed by atoms with van der Waals surface area (Å²) in [5.41, 5.74) is 20.5. The number of rotatable bonds is 4.